The van der Waals surface area contributed by atoms with Crippen LogP contribution < -0.4 is 14.4 Å². The van der Waals surface area contributed by atoms with Crippen molar-refractivity contribution in [3.63, 3.8) is 0 Å². The minimum Gasteiger partial charge on any atom is -0.494 e. The van der Waals surface area contributed by atoms with E-state index < -0.39 is 40.2 Å². The van der Waals surface area contributed by atoms with E-state index in [4.69, 9.17) is 27.9 Å². The molecule has 0 aliphatic heterocycles. The van der Waals surface area contributed by atoms with E-state index in [1.165, 1.54) is 47.4 Å². The molecule has 3 rings (SSSR count). The summed E-state index contributed by atoms with van der Waals surface area (Å²) in [6, 6.07) is 14.2. The summed E-state index contributed by atoms with van der Waals surface area (Å²) in [5.74, 6) is -1.18. The molecule has 0 unspecified atom stereocenters. The molecular weight excluding hydrogens is 604 g/mol. The maximum Gasteiger partial charge on any atom is 0.264 e. The molecule has 0 radical (unpaired) electrons. The summed E-state index contributed by atoms with van der Waals surface area (Å²) < 4.78 is 47.9. The fourth-order valence-electron chi connectivity index (χ4n) is 4.02. The highest BCUT2D eigenvalue weighted by molar-refractivity contribution is 7.92. The first-order valence-corrected chi connectivity index (χ1v) is 15.6. The van der Waals surface area contributed by atoms with Crippen molar-refractivity contribution in [2.75, 3.05) is 17.5 Å². The summed E-state index contributed by atoms with van der Waals surface area (Å²) in [5, 5.41) is 3.55. The molecule has 2 amide bonds. The van der Waals surface area contributed by atoms with Crippen LogP contribution in [0, 0.1) is 5.82 Å². The van der Waals surface area contributed by atoms with Crippen molar-refractivity contribution in [2.45, 2.75) is 57.6 Å². The number of carbonyl (C=O) groups excluding carboxylic acids is 2. The van der Waals surface area contributed by atoms with Gasteiger partial charge < -0.3 is 15.0 Å². The monoisotopic (exact) mass is 637 g/mol. The van der Waals surface area contributed by atoms with Gasteiger partial charge in [-0.15, -0.1) is 0 Å². The number of ether oxygens (including phenoxy) is 1. The van der Waals surface area contributed by atoms with Crippen molar-refractivity contribution in [1.82, 2.24) is 10.2 Å². The number of amides is 2. The molecule has 0 bridgehead atoms. The highest BCUT2D eigenvalue weighted by Crippen LogP contribution is 2.27. The molecule has 42 heavy (non-hydrogen) atoms. The minimum absolute atomic E-state index is 0.0693. The van der Waals surface area contributed by atoms with Gasteiger partial charge in [0.2, 0.25) is 11.8 Å². The van der Waals surface area contributed by atoms with Gasteiger partial charge in [0.15, 0.2) is 0 Å². The summed E-state index contributed by atoms with van der Waals surface area (Å²) in [6.45, 7) is 6.75. The molecular formula is C30H34Cl2FN3O5S. The SMILES string of the molecule is CCOc1ccc(S(=O)(=O)N(CC(=O)N(Cc2ccc(Cl)cc2Cl)[C@@H](C)C(=O)N[C@H](C)CC)c2ccc(F)cc2)cc1. The Balaban J connectivity index is 2.04. The number of benzene rings is 3. The maximum absolute atomic E-state index is 14.0. The molecule has 0 heterocycles. The Labute approximate surface area is 256 Å². The molecule has 0 saturated carbocycles. The van der Waals surface area contributed by atoms with Crippen LogP contribution in [0.1, 0.15) is 39.7 Å². The predicted octanol–water partition coefficient (Wildman–Crippen LogP) is 6.06. The van der Waals surface area contributed by atoms with Gasteiger partial charge >= 0.3 is 0 Å². The minimum atomic E-state index is -4.32. The number of carbonyl (C=O) groups is 2. The number of nitrogens with one attached hydrogen (secondary N) is 1. The quantitative estimate of drug-likeness (QED) is 0.246. The fourth-order valence-corrected chi connectivity index (χ4v) is 5.90. The molecule has 0 saturated heterocycles. The van der Waals surface area contributed by atoms with Gasteiger partial charge in [0.25, 0.3) is 10.0 Å². The molecule has 0 aliphatic carbocycles. The molecule has 0 spiro atoms. The van der Waals surface area contributed by atoms with Crippen molar-refractivity contribution in [2.24, 2.45) is 0 Å². The second-order valence-corrected chi connectivity index (χ2v) is 12.3. The Bertz CT molecular complexity index is 1490. The Hall–Kier alpha value is -3.34. The maximum atomic E-state index is 14.0. The first-order chi connectivity index (χ1) is 19.9. The highest BCUT2D eigenvalue weighted by Gasteiger charge is 2.33. The van der Waals surface area contributed by atoms with Gasteiger partial charge in [-0.25, -0.2) is 12.8 Å². The third-order valence-electron chi connectivity index (χ3n) is 6.64. The van der Waals surface area contributed by atoms with Crippen molar-refractivity contribution < 1.29 is 27.1 Å². The average Bonchev–Trinajstić information content (AvgIpc) is 2.96. The predicted molar refractivity (Wildman–Crippen MR) is 163 cm³/mol. The van der Waals surface area contributed by atoms with Gasteiger partial charge in [-0.05, 0) is 93.4 Å². The van der Waals surface area contributed by atoms with E-state index in [2.05, 4.69) is 5.32 Å². The second-order valence-electron chi connectivity index (χ2n) is 9.64. The number of nitrogens with zero attached hydrogens (tertiary/aromatic N) is 2. The first-order valence-electron chi connectivity index (χ1n) is 13.4. The zero-order valence-electron chi connectivity index (χ0n) is 23.8. The lowest BCUT2D eigenvalue weighted by atomic mass is 10.1. The molecule has 12 heteroatoms. The van der Waals surface area contributed by atoms with E-state index in [9.17, 15) is 22.4 Å². The first kappa shape index (κ1) is 33.2. The Kier molecular flexibility index (Phi) is 11.6. The van der Waals surface area contributed by atoms with E-state index in [0.717, 1.165) is 16.4 Å². The van der Waals surface area contributed by atoms with Crippen LogP contribution in [0.2, 0.25) is 10.0 Å². The molecule has 3 aromatic carbocycles. The highest BCUT2D eigenvalue weighted by atomic mass is 35.5. The zero-order chi connectivity index (χ0) is 31.0. The third kappa shape index (κ3) is 8.36. The lowest BCUT2D eigenvalue weighted by Gasteiger charge is -2.32. The van der Waals surface area contributed by atoms with Crippen LogP contribution in [-0.2, 0) is 26.2 Å². The van der Waals surface area contributed by atoms with Gasteiger partial charge in [0.05, 0.1) is 17.2 Å². The van der Waals surface area contributed by atoms with E-state index in [1.807, 2.05) is 13.8 Å². The molecule has 8 nitrogen and oxygen atoms in total. The number of hydrogen-bond acceptors (Lipinski definition) is 5. The summed E-state index contributed by atoms with van der Waals surface area (Å²) in [6.07, 6.45) is 0.675. The third-order valence-corrected chi connectivity index (χ3v) is 9.02. The lowest BCUT2D eigenvalue weighted by molar-refractivity contribution is -0.139. The summed E-state index contributed by atoms with van der Waals surface area (Å²) in [5.41, 5.74) is 0.583. The van der Waals surface area contributed by atoms with Crippen molar-refractivity contribution in [3.05, 3.63) is 88.2 Å². The summed E-state index contributed by atoms with van der Waals surface area (Å²) >= 11 is 12.4. The van der Waals surface area contributed by atoms with E-state index in [0.29, 0.717) is 29.4 Å². The van der Waals surface area contributed by atoms with Crippen molar-refractivity contribution in [3.8, 4) is 5.75 Å². The Morgan fingerprint density at radius 1 is 0.976 bits per heavy atom. The van der Waals surface area contributed by atoms with E-state index in [-0.39, 0.29) is 28.2 Å². The molecule has 2 atom stereocenters. The number of anilines is 1. The number of rotatable bonds is 13. The Morgan fingerprint density at radius 2 is 1.62 bits per heavy atom. The Morgan fingerprint density at radius 3 is 2.19 bits per heavy atom. The largest absolute Gasteiger partial charge is 0.494 e. The smallest absolute Gasteiger partial charge is 0.264 e. The molecule has 0 fully saturated rings. The van der Waals surface area contributed by atoms with Crippen LogP contribution in [0.15, 0.2) is 71.6 Å². The molecule has 0 aliphatic rings. The van der Waals surface area contributed by atoms with Gasteiger partial charge in [-0.1, -0.05) is 36.2 Å². The van der Waals surface area contributed by atoms with Crippen LogP contribution in [0.5, 0.6) is 5.75 Å². The second kappa shape index (κ2) is 14.7. The van der Waals surface area contributed by atoms with E-state index in [1.54, 1.807) is 26.0 Å². The molecule has 1 N–H and O–H groups in total. The summed E-state index contributed by atoms with van der Waals surface area (Å²) in [4.78, 5) is 28.3. The van der Waals surface area contributed by atoms with Crippen molar-refractivity contribution in [1.29, 1.82) is 0 Å². The molecule has 226 valence electrons. The van der Waals surface area contributed by atoms with Crippen LogP contribution in [-0.4, -0.2) is 50.4 Å². The van der Waals surface area contributed by atoms with Crippen molar-refractivity contribution >= 4 is 50.7 Å². The number of halogens is 3. The number of sulfonamides is 1. The standard InChI is InChI=1S/C30H34Cl2FN3O5S/c1-5-20(3)34-30(38)21(4)35(18-22-7-8-23(31)17-28(22)32)29(37)19-36(25-11-9-24(33)10-12-25)42(39,40)27-15-13-26(14-16-27)41-6-2/h7-17,20-21H,5-6,18-19H2,1-4H3,(H,34,38)/t20-,21+/m1/s1. The molecule has 3 aromatic rings. The topological polar surface area (TPSA) is 96.0 Å². The number of hydrogen-bond donors (Lipinski definition) is 1. The normalized spacial score (nSPS) is 12.7. The van der Waals surface area contributed by atoms with Gasteiger partial charge in [-0.2, -0.15) is 0 Å². The van der Waals surface area contributed by atoms with Crippen LogP contribution >= 0.6 is 23.2 Å². The lowest BCUT2D eigenvalue weighted by Crippen LogP contribution is -2.52. The average molecular weight is 639 g/mol. The fraction of sp³-hybridized carbons (Fsp3) is 0.333. The van der Waals surface area contributed by atoms with Gasteiger partial charge in [-0.3, -0.25) is 13.9 Å². The van der Waals surface area contributed by atoms with Gasteiger partial charge in [0.1, 0.15) is 24.2 Å². The van der Waals surface area contributed by atoms with Crippen LogP contribution in [0.25, 0.3) is 0 Å². The van der Waals surface area contributed by atoms with Crippen LogP contribution in [0.4, 0.5) is 10.1 Å². The summed E-state index contributed by atoms with van der Waals surface area (Å²) in [7, 11) is -4.32. The van der Waals surface area contributed by atoms with E-state index >= 15 is 0 Å². The van der Waals surface area contributed by atoms with Gasteiger partial charge in [0, 0.05) is 22.6 Å². The molecule has 0 aromatic heterocycles. The van der Waals surface area contributed by atoms with Crippen LogP contribution in [0.3, 0.4) is 0 Å². The zero-order valence-corrected chi connectivity index (χ0v) is 26.1.